The third-order valence-corrected chi connectivity index (χ3v) is 2.92. The lowest BCUT2D eigenvalue weighted by molar-refractivity contribution is 0.112. The molecule has 98 valence electrons. The molecule has 1 aromatic carbocycles. The number of nitrogens with zero attached hydrogens (tertiary/aromatic N) is 1. The molecule has 0 bridgehead atoms. The van der Waals surface area contributed by atoms with Gasteiger partial charge >= 0.3 is 0 Å². The molecule has 0 unspecified atom stereocenters. The van der Waals surface area contributed by atoms with Crippen LogP contribution in [0.1, 0.15) is 17.3 Å². The predicted molar refractivity (Wildman–Crippen MR) is 73.7 cm³/mol. The van der Waals surface area contributed by atoms with Crippen molar-refractivity contribution in [2.45, 2.75) is 6.92 Å². The first-order chi connectivity index (χ1) is 9.17. The third-order valence-electron chi connectivity index (χ3n) is 2.92. The van der Waals surface area contributed by atoms with Crippen LogP contribution in [0.4, 0.5) is 0 Å². The Hall–Kier alpha value is -2.36. The molecule has 0 saturated carbocycles. The Morgan fingerprint density at radius 3 is 2.42 bits per heavy atom. The summed E-state index contributed by atoms with van der Waals surface area (Å²) >= 11 is 0. The molecular weight excluding hydrogens is 242 g/mol. The van der Waals surface area contributed by atoms with Crippen molar-refractivity contribution in [2.24, 2.45) is 7.05 Å². The van der Waals surface area contributed by atoms with E-state index in [0.717, 1.165) is 17.0 Å². The number of carbonyl (C=O) groups excluding carboxylic acids is 1. The first kappa shape index (κ1) is 13.1. The fourth-order valence-corrected chi connectivity index (χ4v) is 1.92. The maximum Gasteiger partial charge on any atom is 0.261 e. The van der Waals surface area contributed by atoms with Crippen LogP contribution in [0.3, 0.4) is 0 Å². The molecule has 2 rings (SSSR count). The summed E-state index contributed by atoms with van der Waals surface area (Å²) in [5.41, 5.74) is 1.54. The lowest BCUT2D eigenvalue weighted by Gasteiger charge is -2.09. The van der Waals surface area contributed by atoms with Crippen LogP contribution in [0.2, 0.25) is 0 Å². The molecule has 4 heteroatoms. The van der Waals surface area contributed by atoms with Crippen LogP contribution in [0, 0.1) is 0 Å². The SMILES string of the molecule is CCOc1ccc(-c2ccc(C=O)c(=O)n2C)cc1. The van der Waals surface area contributed by atoms with Crippen molar-refractivity contribution < 1.29 is 9.53 Å². The van der Waals surface area contributed by atoms with Gasteiger partial charge in [-0.1, -0.05) is 0 Å². The highest BCUT2D eigenvalue weighted by atomic mass is 16.5. The fraction of sp³-hybridized carbons (Fsp3) is 0.200. The molecule has 0 N–H and O–H groups in total. The van der Waals surface area contributed by atoms with Gasteiger partial charge in [-0.2, -0.15) is 0 Å². The highest BCUT2D eigenvalue weighted by Crippen LogP contribution is 2.21. The number of benzene rings is 1. The van der Waals surface area contributed by atoms with Crippen LogP contribution in [0.25, 0.3) is 11.3 Å². The Kier molecular flexibility index (Phi) is 3.80. The normalized spacial score (nSPS) is 10.2. The molecule has 0 atom stereocenters. The molecule has 19 heavy (non-hydrogen) atoms. The summed E-state index contributed by atoms with van der Waals surface area (Å²) in [4.78, 5) is 22.6. The van der Waals surface area contributed by atoms with Gasteiger partial charge in [0, 0.05) is 7.05 Å². The van der Waals surface area contributed by atoms with Crippen LogP contribution in [0.5, 0.6) is 5.75 Å². The number of aldehydes is 1. The van der Waals surface area contributed by atoms with Gasteiger partial charge in [0.2, 0.25) is 0 Å². The number of hydrogen-bond acceptors (Lipinski definition) is 3. The molecule has 0 aliphatic rings. The van der Waals surface area contributed by atoms with Gasteiger partial charge in [0.25, 0.3) is 5.56 Å². The van der Waals surface area contributed by atoms with Gasteiger partial charge in [-0.25, -0.2) is 0 Å². The van der Waals surface area contributed by atoms with Crippen molar-refractivity contribution in [1.29, 1.82) is 0 Å². The maximum absolute atomic E-state index is 11.9. The minimum atomic E-state index is -0.290. The molecule has 0 aliphatic heterocycles. The van der Waals surface area contributed by atoms with E-state index in [4.69, 9.17) is 4.74 Å². The smallest absolute Gasteiger partial charge is 0.261 e. The van der Waals surface area contributed by atoms with Crippen LogP contribution in [-0.2, 0) is 7.05 Å². The summed E-state index contributed by atoms with van der Waals surface area (Å²) in [5, 5.41) is 0. The summed E-state index contributed by atoms with van der Waals surface area (Å²) in [7, 11) is 1.65. The molecule has 0 fully saturated rings. The van der Waals surface area contributed by atoms with Gasteiger partial charge in [-0.3, -0.25) is 9.59 Å². The van der Waals surface area contributed by atoms with E-state index >= 15 is 0 Å². The van der Waals surface area contributed by atoms with E-state index in [2.05, 4.69) is 0 Å². The highest BCUT2D eigenvalue weighted by molar-refractivity contribution is 5.75. The largest absolute Gasteiger partial charge is 0.494 e. The van der Waals surface area contributed by atoms with Crippen LogP contribution >= 0.6 is 0 Å². The summed E-state index contributed by atoms with van der Waals surface area (Å²) in [6.45, 7) is 2.54. The Labute approximate surface area is 111 Å². The van der Waals surface area contributed by atoms with Gasteiger partial charge < -0.3 is 9.30 Å². The van der Waals surface area contributed by atoms with Gasteiger partial charge in [-0.15, -0.1) is 0 Å². The quantitative estimate of drug-likeness (QED) is 0.789. The van der Waals surface area contributed by atoms with Gasteiger partial charge in [0.05, 0.1) is 17.9 Å². The fourth-order valence-electron chi connectivity index (χ4n) is 1.92. The first-order valence-corrected chi connectivity index (χ1v) is 6.05. The van der Waals surface area contributed by atoms with Crippen molar-refractivity contribution in [3.63, 3.8) is 0 Å². The number of aromatic nitrogens is 1. The molecular formula is C15H15NO3. The molecule has 0 spiro atoms. The zero-order valence-corrected chi connectivity index (χ0v) is 10.9. The first-order valence-electron chi connectivity index (χ1n) is 6.05. The lowest BCUT2D eigenvalue weighted by Crippen LogP contribution is -2.21. The van der Waals surface area contributed by atoms with Crippen molar-refractivity contribution in [1.82, 2.24) is 4.57 Å². The second-order valence-corrected chi connectivity index (χ2v) is 4.11. The van der Waals surface area contributed by atoms with E-state index in [1.165, 1.54) is 4.57 Å². The highest BCUT2D eigenvalue weighted by Gasteiger charge is 2.07. The van der Waals surface area contributed by atoms with Crippen molar-refractivity contribution in [3.8, 4) is 17.0 Å². The maximum atomic E-state index is 11.9. The van der Waals surface area contributed by atoms with E-state index in [1.54, 1.807) is 19.2 Å². The number of carbonyl (C=O) groups is 1. The lowest BCUT2D eigenvalue weighted by atomic mass is 10.1. The van der Waals surface area contributed by atoms with E-state index in [9.17, 15) is 9.59 Å². The molecule has 2 aromatic rings. The van der Waals surface area contributed by atoms with E-state index in [1.807, 2.05) is 31.2 Å². The van der Waals surface area contributed by atoms with Crippen molar-refractivity contribution >= 4 is 6.29 Å². The second-order valence-electron chi connectivity index (χ2n) is 4.11. The molecule has 1 aromatic heterocycles. The minimum Gasteiger partial charge on any atom is -0.494 e. The van der Waals surface area contributed by atoms with Gasteiger partial charge in [0.15, 0.2) is 6.29 Å². The van der Waals surface area contributed by atoms with Crippen LogP contribution < -0.4 is 10.3 Å². The number of hydrogen-bond donors (Lipinski definition) is 0. The van der Waals surface area contributed by atoms with E-state index in [-0.39, 0.29) is 11.1 Å². The van der Waals surface area contributed by atoms with E-state index in [0.29, 0.717) is 12.9 Å². The average molecular weight is 257 g/mol. The molecule has 0 amide bonds. The standard InChI is InChI=1S/C15H15NO3/c1-3-19-13-7-4-11(5-8-13)14-9-6-12(10-17)15(18)16(14)2/h4-10H,3H2,1-2H3. The Balaban J connectivity index is 2.44. The zero-order valence-electron chi connectivity index (χ0n) is 10.9. The Morgan fingerprint density at radius 2 is 1.84 bits per heavy atom. The molecule has 0 radical (unpaired) electrons. The predicted octanol–water partition coefficient (Wildman–Crippen LogP) is 2.26. The van der Waals surface area contributed by atoms with Gasteiger partial charge in [-0.05, 0) is 48.9 Å². The molecule has 0 aliphatic carbocycles. The van der Waals surface area contributed by atoms with Crippen LogP contribution in [-0.4, -0.2) is 17.5 Å². The number of ether oxygens (including phenoxy) is 1. The van der Waals surface area contributed by atoms with E-state index < -0.39 is 0 Å². The summed E-state index contributed by atoms with van der Waals surface area (Å²) in [6, 6.07) is 10.8. The minimum absolute atomic E-state index is 0.164. The number of rotatable bonds is 4. The zero-order chi connectivity index (χ0) is 13.8. The monoisotopic (exact) mass is 257 g/mol. The second kappa shape index (κ2) is 5.52. The average Bonchev–Trinajstić information content (AvgIpc) is 2.43. The van der Waals surface area contributed by atoms with Crippen molar-refractivity contribution in [3.05, 3.63) is 52.3 Å². The summed E-state index contributed by atoms with van der Waals surface area (Å²) < 4.78 is 6.84. The molecule has 1 heterocycles. The Bertz CT molecular complexity index is 641. The third kappa shape index (κ3) is 2.57. The van der Waals surface area contributed by atoms with Gasteiger partial charge in [0.1, 0.15) is 5.75 Å². The topological polar surface area (TPSA) is 48.3 Å². The summed E-state index contributed by atoms with van der Waals surface area (Å²) in [5.74, 6) is 0.792. The molecule has 4 nitrogen and oxygen atoms in total. The number of pyridine rings is 1. The Morgan fingerprint density at radius 1 is 1.16 bits per heavy atom. The van der Waals surface area contributed by atoms with Crippen LogP contribution in [0.15, 0.2) is 41.2 Å². The molecule has 0 saturated heterocycles. The van der Waals surface area contributed by atoms with Crippen molar-refractivity contribution in [2.75, 3.05) is 6.61 Å². The summed E-state index contributed by atoms with van der Waals surface area (Å²) in [6.07, 6.45) is 0.574.